The first kappa shape index (κ1) is 25.6. The highest BCUT2D eigenvalue weighted by Crippen LogP contribution is 2.22. The number of hydrogen-bond acceptors (Lipinski definition) is 4. The normalized spacial score (nSPS) is 12.2. The Kier molecular flexibility index (Phi) is 9.03. The van der Waals surface area contributed by atoms with Crippen LogP contribution in [0.5, 0.6) is 0 Å². The zero-order chi connectivity index (χ0) is 23.9. The first-order valence-electron chi connectivity index (χ1n) is 10.1. The summed E-state index contributed by atoms with van der Waals surface area (Å²) in [4.78, 5) is 27.3. The third kappa shape index (κ3) is 6.93. The van der Waals surface area contributed by atoms with E-state index < -0.39 is 34.3 Å². The van der Waals surface area contributed by atoms with Gasteiger partial charge in [0.05, 0.1) is 11.9 Å². The average Bonchev–Trinajstić information content (AvgIpc) is 2.73. The minimum Gasteiger partial charge on any atom is -0.355 e. The summed E-state index contributed by atoms with van der Waals surface area (Å²) in [6, 6.07) is 10.8. The highest BCUT2D eigenvalue weighted by Gasteiger charge is 2.31. The molecule has 0 saturated heterocycles. The molecule has 0 bridgehead atoms. The smallest absolute Gasteiger partial charge is 0.244 e. The van der Waals surface area contributed by atoms with Crippen molar-refractivity contribution in [1.82, 2.24) is 10.2 Å². The second kappa shape index (κ2) is 11.3. The molecule has 2 amide bonds. The number of anilines is 1. The molecule has 0 fully saturated rings. The molecular formula is C22H27ClFN3O4S. The number of carbonyl (C=O) groups is 2. The lowest BCUT2D eigenvalue weighted by molar-refractivity contribution is -0.140. The minimum atomic E-state index is -3.81. The van der Waals surface area contributed by atoms with E-state index >= 15 is 0 Å². The van der Waals surface area contributed by atoms with Gasteiger partial charge in [-0.05, 0) is 55.3 Å². The van der Waals surface area contributed by atoms with Crippen LogP contribution in [0.1, 0.15) is 25.8 Å². The van der Waals surface area contributed by atoms with E-state index in [9.17, 15) is 22.4 Å². The second-order valence-electron chi connectivity index (χ2n) is 7.21. The van der Waals surface area contributed by atoms with Crippen molar-refractivity contribution in [3.63, 3.8) is 0 Å². The molecular weight excluding hydrogens is 457 g/mol. The lowest BCUT2D eigenvalue weighted by atomic mass is 10.1. The van der Waals surface area contributed by atoms with Crippen LogP contribution in [-0.2, 0) is 26.2 Å². The quantitative estimate of drug-likeness (QED) is 0.562. The maximum Gasteiger partial charge on any atom is 0.244 e. The van der Waals surface area contributed by atoms with Crippen LogP contribution in [0.4, 0.5) is 10.1 Å². The first-order chi connectivity index (χ1) is 15.1. The Morgan fingerprint density at radius 2 is 1.66 bits per heavy atom. The fraction of sp³-hybridized carbons (Fsp3) is 0.364. The number of sulfonamides is 1. The van der Waals surface area contributed by atoms with Crippen molar-refractivity contribution >= 4 is 39.1 Å². The van der Waals surface area contributed by atoms with Crippen molar-refractivity contribution in [2.24, 2.45) is 0 Å². The van der Waals surface area contributed by atoms with Gasteiger partial charge in [-0.3, -0.25) is 13.9 Å². The molecule has 0 aromatic heterocycles. The van der Waals surface area contributed by atoms with E-state index in [4.69, 9.17) is 11.6 Å². The Labute approximate surface area is 193 Å². The van der Waals surface area contributed by atoms with Gasteiger partial charge in [0.1, 0.15) is 18.4 Å². The minimum absolute atomic E-state index is 0.0208. The van der Waals surface area contributed by atoms with E-state index in [0.717, 1.165) is 10.6 Å². The standard InChI is InChI=1S/C22H27ClFN3O4S/c1-4-20(22(29)25-5-2)26(14-16-6-10-18(24)11-7-16)21(28)15-27(32(3,30)31)19-12-8-17(23)9-13-19/h6-13,20H,4-5,14-15H2,1-3H3,(H,25,29). The molecule has 0 aliphatic rings. The summed E-state index contributed by atoms with van der Waals surface area (Å²) in [5.74, 6) is -1.33. The molecule has 1 unspecified atom stereocenters. The topological polar surface area (TPSA) is 86.8 Å². The molecule has 0 aliphatic heterocycles. The molecule has 2 rings (SSSR count). The van der Waals surface area contributed by atoms with Gasteiger partial charge in [0, 0.05) is 18.1 Å². The second-order valence-corrected chi connectivity index (χ2v) is 9.56. The lowest BCUT2D eigenvalue weighted by Gasteiger charge is -2.32. The van der Waals surface area contributed by atoms with Gasteiger partial charge in [0.25, 0.3) is 0 Å². The predicted molar refractivity (Wildman–Crippen MR) is 123 cm³/mol. The molecule has 7 nitrogen and oxygen atoms in total. The van der Waals surface area contributed by atoms with Gasteiger partial charge in [-0.15, -0.1) is 0 Å². The van der Waals surface area contributed by atoms with Crippen LogP contribution in [-0.4, -0.2) is 50.5 Å². The van der Waals surface area contributed by atoms with Gasteiger partial charge in [-0.1, -0.05) is 30.7 Å². The van der Waals surface area contributed by atoms with E-state index in [1.165, 1.54) is 53.4 Å². The molecule has 2 aromatic rings. The van der Waals surface area contributed by atoms with Crippen LogP contribution in [0.3, 0.4) is 0 Å². The molecule has 0 saturated carbocycles. The number of nitrogens with one attached hydrogen (secondary N) is 1. The molecule has 0 spiro atoms. The summed E-state index contributed by atoms with van der Waals surface area (Å²) < 4.78 is 39.2. The molecule has 1 N–H and O–H groups in total. The van der Waals surface area contributed by atoms with Gasteiger partial charge in [0.2, 0.25) is 21.8 Å². The number of halogens is 2. The number of carbonyl (C=O) groups excluding carboxylic acids is 2. The Hall–Kier alpha value is -2.65. The number of rotatable bonds is 10. The molecule has 32 heavy (non-hydrogen) atoms. The fourth-order valence-electron chi connectivity index (χ4n) is 3.22. The molecule has 0 aliphatic carbocycles. The predicted octanol–water partition coefficient (Wildman–Crippen LogP) is 3.19. The van der Waals surface area contributed by atoms with Crippen molar-refractivity contribution < 1.29 is 22.4 Å². The van der Waals surface area contributed by atoms with Crippen LogP contribution in [0, 0.1) is 5.82 Å². The van der Waals surface area contributed by atoms with Gasteiger partial charge in [0.15, 0.2) is 0 Å². The zero-order valence-electron chi connectivity index (χ0n) is 18.2. The summed E-state index contributed by atoms with van der Waals surface area (Å²) in [6.45, 7) is 3.43. The molecule has 2 aromatic carbocycles. The van der Waals surface area contributed by atoms with Crippen molar-refractivity contribution in [2.45, 2.75) is 32.9 Å². The number of benzene rings is 2. The largest absolute Gasteiger partial charge is 0.355 e. The fourth-order valence-corrected chi connectivity index (χ4v) is 4.19. The van der Waals surface area contributed by atoms with Crippen LogP contribution < -0.4 is 9.62 Å². The summed E-state index contributed by atoms with van der Waals surface area (Å²) >= 11 is 5.90. The molecule has 0 heterocycles. The first-order valence-corrected chi connectivity index (χ1v) is 12.3. The van der Waals surface area contributed by atoms with Crippen LogP contribution >= 0.6 is 11.6 Å². The van der Waals surface area contributed by atoms with Crippen molar-refractivity contribution in [3.05, 3.63) is 64.9 Å². The van der Waals surface area contributed by atoms with Gasteiger partial charge in [-0.2, -0.15) is 0 Å². The molecule has 174 valence electrons. The Bertz CT molecular complexity index is 1030. The van der Waals surface area contributed by atoms with E-state index in [1.54, 1.807) is 13.8 Å². The monoisotopic (exact) mass is 483 g/mol. The van der Waals surface area contributed by atoms with Crippen LogP contribution in [0.2, 0.25) is 5.02 Å². The van der Waals surface area contributed by atoms with Gasteiger partial charge in [-0.25, -0.2) is 12.8 Å². The molecule has 10 heteroatoms. The van der Waals surface area contributed by atoms with E-state index in [2.05, 4.69) is 5.32 Å². The lowest BCUT2D eigenvalue weighted by Crippen LogP contribution is -2.52. The highest BCUT2D eigenvalue weighted by atomic mass is 35.5. The number of amides is 2. The third-order valence-corrected chi connectivity index (χ3v) is 6.19. The summed E-state index contributed by atoms with van der Waals surface area (Å²) in [5.41, 5.74) is 0.887. The molecule has 0 radical (unpaired) electrons. The Morgan fingerprint density at radius 1 is 1.06 bits per heavy atom. The van der Waals surface area contributed by atoms with Gasteiger partial charge >= 0.3 is 0 Å². The van der Waals surface area contributed by atoms with E-state index in [0.29, 0.717) is 23.6 Å². The summed E-state index contributed by atoms with van der Waals surface area (Å²) in [5, 5.41) is 3.13. The maximum atomic E-state index is 13.4. The Balaban J connectivity index is 2.40. The summed E-state index contributed by atoms with van der Waals surface area (Å²) in [7, 11) is -3.81. The number of likely N-dealkylation sites (N-methyl/N-ethyl adjacent to an activating group) is 1. The van der Waals surface area contributed by atoms with E-state index in [-0.39, 0.29) is 18.1 Å². The Morgan fingerprint density at radius 3 is 2.16 bits per heavy atom. The van der Waals surface area contributed by atoms with E-state index in [1.807, 2.05) is 0 Å². The van der Waals surface area contributed by atoms with Crippen LogP contribution in [0.25, 0.3) is 0 Å². The van der Waals surface area contributed by atoms with Gasteiger partial charge < -0.3 is 10.2 Å². The van der Waals surface area contributed by atoms with Crippen molar-refractivity contribution in [3.8, 4) is 0 Å². The number of nitrogens with zero attached hydrogens (tertiary/aromatic N) is 2. The average molecular weight is 484 g/mol. The van der Waals surface area contributed by atoms with Crippen molar-refractivity contribution in [1.29, 1.82) is 0 Å². The SMILES string of the molecule is CCNC(=O)C(CC)N(Cc1ccc(F)cc1)C(=O)CN(c1ccc(Cl)cc1)S(C)(=O)=O. The van der Waals surface area contributed by atoms with Crippen LogP contribution in [0.15, 0.2) is 48.5 Å². The summed E-state index contributed by atoms with van der Waals surface area (Å²) in [6.07, 6.45) is 1.32. The number of hydrogen-bond donors (Lipinski definition) is 1. The maximum absolute atomic E-state index is 13.4. The van der Waals surface area contributed by atoms with Crippen molar-refractivity contribution in [2.75, 3.05) is 23.7 Å². The molecule has 1 atom stereocenters. The zero-order valence-corrected chi connectivity index (χ0v) is 19.8. The highest BCUT2D eigenvalue weighted by molar-refractivity contribution is 7.92. The third-order valence-electron chi connectivity index (χ3n) is 4.80.